The zero-order valence-electron chi connectivity index (χ0n) is 14.0. The van der Waals surface area contributed by atoms with Crippen LogP contribution in [-0.4, -0.2) is 18.2 Å². The van der Waals surface area contributed by atoms with Crippen molar-refractivity contribution in [2.45, 2.75) is 12.6 Å². The zero-order valence-corrected chi connectivity index (χ0v) is 14.0. The highest BCUT2D eigenvalue weighted by atomic mass is 16.7. The summed E-state index contributed by atoms with van der Waals surface area (Å²) in [5.41, 5.74) is 4.71. The predicted octanol–water partition coefficient (Wildman–Crippen LogP) is 2.10. The summed E-state index contributed by atoms with van der Waals surface area (Å²) >= 11 is 0. The Morgan fingerprint density at radius 3 is 2.73 bits per heavy atom. The maximum atomic E-state index is 5.79. The molecule has 0 aliphatic carbocycles. The van der Waals surface area contributed by atoms with Gasteiger partial charge in [0.1, 0.15) is 12.2 Å². The molecule has 130 valence electrons. The van der Waals surface area contributed by atoms with Crippen LogP contribution in [0, 0.1) is 0 Å². The van der Waals surface area contributed by atoms with Crippen molar-refractivity contribution >= 4 is 0 Å². The van der Waals surface area contributed by atoms with E-state index in [9.17, 15) is 0 Å². The summed E-state index contributed by atoms with van der Waals surface area (Å²) in [5.74, 6) is 3.27. The fourth-order valence-electron chi connectivity index (χ4n) is 4.06. The number of hydrogen-bond donors (Lipinski definition) is 1. The molecule has 6 rings (SSSR count). The molecule has 3 aliphatic heterocycles. The second kappa shape index (κ2) is 5.19. The molecule has 6 heteroatoms. The molecular formula is C20H17N2O4+. The van der Waals surface area contributed by atoms with Crippen LogP contribution in [-0.2, 0) is 6.54 Å². The first-order valence-electron chi connectivity index (χ1n) is 8.70. The van der Waals surface area contributed by atoms with Gasteiger partial charge in [0.15, 0.2) is 29.0 Å². The van der Waals surface area contributed by atoms with E-state index >= 15 is 0 Å². The smallest absolute Gasteiger partial charge is 0.231 e. The van der Waals surface area contributed by atoms with Crippen LogP contribution >= 0.6 is 0 Å². The molecule has 1 atom stereocenters. The molecule has 6 nitrogen and oxygen atoms in total. The SMILES string of the molecule is c1cc2n(c1)-c1c(ccc3c1OCO3)C[NH2+][C@H]2c1ccc2c(c1)OCO2. The number of quaternary nitrogens is 1. The van der Waals surface area contributed by atoms with Crippen molar-refractivity contribution in [3.63, 3.8) is 0 Å². The van der Waals surface area contributed by atoms with Gasteiger partial charge in [-0.3, -0.25) is 0 Å². The van der Waals surface area contributed by atoms with Crippen LogP contribution in [0.1, 0.15) is 22.9 Å². The van der Waals surface area contributed by atoms with Gasteiger partial charge in [-0.2, -0.15) is 0 Å². The molecule has 2 N–H and O–H groups in total. The van der Waals surface area contributed by atoms with E-state index in [1.807, 2.05) is 12.1 Å². The molecule has 3 aromatic rings. The number of nitrogens with two attached hydrogens (primary N) is 1. The van der Waals surface area contributed by atoms with Gasteiger partial charge in [0.2, 0.25) is 13.6 Å². The third-order valence-electron chi connectivity index (χ3n) is 5.27. The average Bonchev–Trinajstić information content (AvgIpc) is 3.40. The van der Waals surface area contributed by atoms with Gasteiger partial charge < -0.3 is 28.8 Å². The van der Waals surface area contributed by atoms with Crippen molar-refractivity contribution in [3.05, 3.63) is 65.5 Å². The van der Waals surface area contributed by atoms with Gasteiger partial charge in [-0.25, -0.2) is 0 Å². The Bertz CT molecular complexity index is 1030. The van der Waals surface area contributed by atoms with Crippen molar-refractivity contribution in [2.24, 2.45) is 0 Å². The molecular weight excluding hydrogens is 332 g/mol. The third kappa shape index (κ3) is 1.90. The van der Waals surface area contributed by atoms with Gasteiger partial charge in [0.25, 0.3) is 0 Å². The first kappa shape index (κ1) is 14.1. The molecule has 0 radical (unpaired) electrons. The molecule has 0 fully saturated rings. The summed E-state index contributed by atoms with van der Waals surface area (Å²) in [7, 11) is 0. The van der Waals surface area contributed by atoms with Crippen LogP contribution < -0.4 is 24.3 Å². The molecule has 0 saturated carbocycles. The third-order valence-corrected chi connectivity index (χ3v) is 5.27. The molecule has 2 aromatic carbocycles. The molecule has 0 unspecified atom stereocenters. The monoisotopic (exact) mass is 349 g/mol. The Hall–Kier alpha value is -3.12. The van der Waals surface area contributed by atoms with E-state index in [2.05, 4.69) is 46.4 Å². The van der Waals surface area contributed by atoms with E-state index in [0.717, 1.165) is 35.2 Å². The van der Waals surface area contributed by atoms with Crippen molar-refractivity contribution in [3.8, 4) is 28.7 Å². The maximum Gasteiger partial charge on any atom is 0.231 e. The molecule has 0 bridgehead atoms. The first-order chi connectivity index (χ1) is 12.9. The normalized spacial score (nSPS) is 19.0. The minimum Gasteiger partial charge on any atom is -0.454 e. The lowest BCUT2D eigenvalue weighted by Gasteiger charge is -2.15. The number of ether oxygens (including phenoxy) is 4. The quantitative estimate of drug-likeness (QED) is 0.731. The van der Waals surface area contributed by atoms with E-state index < -0.39 is 0 Å². The highest BCUT2D eigenvalue weighted by Gasteiger charge is 2.31. The lowest BCUT2D eigenvalue weighted by atomic mass is 10.0. The number of fused-ring (bicyclic) bond motifs is 6. The highest BCUT2D eigenvalue weighted by Crippen LogP contribution is 2.42. The summed E-state index contributed by atoms with van der Waals surface area (Å²) in [5, 5.41) is 2.34. The van der Waals surface area contributed by atoms with Crippen molar-refractivity contribution in [2.75, 3.05) is 13.6 Å². The molecule has 0 saturated heterocycles. The Balaban J connectivity index is 1.51. The van der Waals surface area contributed by atoms with Crippen LogP contribution in [0.3, 0.4) is 0 Å². The fourth-order valence-corrected chi connectivity index (χ4v) is 4.06. The van der Waals surface area contributed by atoms with Crippen molar-refractivity contribution in [1.29, 1.82) is 0 Å². The van der Waals surface area contributed by atoms with E-state index in [0.29, 0.717) is 6.79 Å². The molecule has 4 heterocycles. The van der Waals surface area contributed by atoms with Gasteiger partial charge in [-0.05, 0) is 42.5 Å². The second-order valence-corrected chi connectivity index (χ2v) is 6.64. The molecule has 26 heavy (non-hydrogen) atoms. The van der Waals surface area contributed by atoms with Crippen LogP contribution in [0.25, 0.3) is 5.69 Å². The van der Waals surface area contributed by atoms with Gasteiger partial charge in [0, 0.05) is 17.3 Å². The minimum absolute atomic E-state index is 0.157. The topological polar surface area (TPSA) is 58.5 Å². The molecule has 1 aromatic heterocycles. The number of nitrogens with zero attached hydrogens (tertiary/aromatic N) is 1. The van der Waals surface area contributed by atoms with E-state index in [-0.39, 0.29) is 12.8 Å². The fraction of sp³-hybridized carbons (Fsp3) is 0.200. The molecule has 0 spiro atoms. The Labute approximate surface area is 149 Å². The Morgan fingerprint density at radius 1 is 0.885 bits per heavy atom. The number of hydrogen-bond acceptors (Lipinski definition) is 4. The van der Waals surface area contributed by atoms with Crippen molar-refractivity contribution < 1.29 is 24.3 Å². The maximum absolute atomic E-state index is 5.79. The van der Waals surface area contributed by atoms with Gasteiger partial charge in [-0.15, -0.1) is 0 Å². The van der Waals surface area contributed by atoms with Gasteiger partial charge >= 0.3 is 0 Å². The van der Waals surface area contributed by atoms with Crippen molar-refractivity contribution in [1.82, 2.24) is 4.57 Å². The van der Waals surface area contributed by atoms with Crippen LogP contribution in [0.2, 0.25) is 0 Å². The summed E-state index contributed by atoms with van der Waals surface area (Å²) in [6.45, 7) is 1.42. The summed E-state index contributed by atoms with van der Waals surface area (Å²) in [6.07, 6.45) is 2.09. The van der Waals surface area contributed by atoms with Gasteiger partial charge in [0.05, 0.1) is 5.69 Å². The van der Waals surface area contributed by atoms with E-state index in [1.54, 1.807) is 0 Å². The lowest BCUT2D eigenvalue weighted by Crippen LogP contribution is -2.83. The Kier molecular flexibility index (Phi) is 2.81. The average molecular weight is 349 g/mol. The number of rotatable bonds is 1. The predicted molar refractivity (Wildman–Crippen MR) is 91.9 cm³/mol. The molecule has 3 aliphatic rings. The zero-order chi connectivity index (χ0) is 17.1. The summed E-state index contributed by atoms with van der Waals surface area (Å²) in [6, 6.07) is 14.7. The number of benzene rings is 2. The second-order valence-electron chi connectivity index (χ2n) is 6.64. The van der Waals surface area contributed by atoms with Crippen LogP contribution in [0.15, 0.2) is 48.7 Å². The van der Waals surface area contributed by atoms with Crippen LogP contribution in [0.5, 0.6) is 23.0 Å². The number of aromatic nitrogens is 1. The first-order valence-corrected chi connectivity index (χ1v) is 8.70. The standard InChI is InChI=1S/C20H16N2O4/c1-2-14-18(12-3-5-15-17(8-12)25-10-23-15)21-9-13-4-6-16-20(26-11-24-16)19(13)22(14)7-1/h1-8,18,21H,9-11H2/p+1/t18-/m0/s1. The van der Waals surface area contributed by atoms with E-state index in [1.165, 1.54) is 16.8 Å². The van der Waals surface area contributed by atoms with Gasteiger partial charge in [-0.1, -0.05) is 0 Å². The largest absolute Gasteiger partial charge is 0.454 e. The summed E-state index contributed by atoms with van der Waals surface area (Å²) < 4.78 is 24.6. The summed E-state index contributed by atoms with van der Waals surface area (Å²) in [4.78, 5) is 0. The van der Waals surface area contributed by atoms with E-state index in [4.69, 9.17) is 18.9 Å². The van der Waals surface area contributed by atoms with Crippen LogP contribution in [0.4, 0.5) is 0 Å². The Morgan fingerprint density at radius 2 is 1.73 bits per heavy atom. The molecule has 0 amide bonds. The minimum atomic E-state index is 0.157. The lowest BCUT2D eigenvalue weighted by molar-refractivity contribution is -0.702. The highest BCUT2D eigenvalue weighted by molar-refractivity contribution is 5.62.